The molecule has 2 aromatic heterocycles. The SMILES string of the molecule is O=C(c1cnc2c(c1)ncn2C1CCCC1)N1CCC(Cc2ccc(O)cc2)C1. The smallest absolute Gasteiger partial charge is 0.255 e. The number of aromatic nitrogens is 3. The van der Waals surface area contributed by atoms with Crippen LogP contribution in [0.15, 0.2) is 42.9 Å². The Labute approximate surface area is 170 Å². The lowest BCUT2D eigenvalue weighted by Crippen LogP contribution is -2.29. The maximum atomic E-state index is 13.0. The topological polar surface area (TPSA) is 71.2 Å². The largest absolute Gasteiger partial charge is 0.508 e. The minimum atomic E-state index is 0.0445. The lowest BCUT2D eigenvalue weighted by atomic mass is 9.99. The van der Waals surface area contributed by atoms with Gasteiger partial charge in [-0.15, -0.1) is 0 Å². The van der Waals surface area contributed by atoms with Gasteiger partial charge in [-0.05, 0) is 55.4 Å². The second-order valence-corrected chi connectivity index (χ2v) is 8.43. The lowest BCUT2D eigenvalue weighted by molar-refractivity contribution is 0.0787. The molecule has 1 atom stereocenters. The van der Waals surface area contributed by atoms with E-state index in [4.69, 9.17) is 0 Å². The number of phenolic OH excluding ortho intramolecular Hbond substituents is 1. The van der Waals surface area contributed by atoms with Crippen LogP contribution in [0.5, 0.6) is 5.75 Å². The fourth-order valence-electron chi connectivity index (χ4n) is 4.82. The van der Waals surface area contributed by atoms with Crippen LogP contribution in [0.25, 0.3) is 11.2 Å². The van der Waals surface area contributed by atoms with E-state index in [0.29, 0.717) is 17.5 Å². The Hall–Kier alpha value is -2.89. The van der Waals surface area contributed by atoms with Crippen LogP contribution < -0.4 is 0 Å². The molecule has 6 heteroatoms. The molecule has 150 valence electrons. The summed E-state index contributed by atoms with van der Waals surface area (Å²) in [6.07, 6.45) is 10.4. The molecule has 1 aliphatic heterocycles. The van der Waals surface area contributed by atoms with Crippen LogP contribution in [-0.4, -0.2) is 43.5 Å². The summed E-state index contributed by atoms with van der Waals surface area (Å²) in [6, 6.07) is 9.74. The minimum Gasteiger partial charge on any atom is -0.508 e. The van der Waals surface area contributed by atoms with E-state index in [1.54, 1.807) is 18.3 Å². The first kappa shape index (κ1) is 18.2. The van der Waals surface area contributed by atoms with E-state index in [1.807, 2.05) is 29.4 Å². The number of carbonyl (C=O) groups excluding carboxylic acids is 1. The van der Waals surface area contributed by atoms with Gasteiger partial charge in [0.25, 0.3) is 5.91 Å². The molecule has 2 fully saturated rings. The fourth-order valence-corrected chi connectivity index (χ4v) is 4.82. The van der Waals surface area contributed by atoms with Crippen molar-refractivity contribution in [3.63, 3.8) is 0 Å². The van der Waals surface area contributed by atoms with E-state index < -0.39 is 0 Å². The molecule has 0 radical (unpaired) electrons. The zero-order valence-electron chi connectivity index (χ0n) is 16.5. The number of phenols is 1. The van der Waals surface area contributed by atoms with Crippen molar-refractivity contribution in [2.75, 3.05) is 13.1 Å². The zero-order chi connectivity index (χ0) is 19.8. The number of amides is 1. The van der Waals surface area contributed by atoms with E-state index in [2.05, 4.69) is 14.5 Å². The highest BCUT2D eigenvalue weighted by Gasteiger charge is 2.28. The van der Waals surface area contributed by atoms with Crippen molar-refractivity contribution in [2.45, 2.75) is 44.6 Å². The number of carbonyl (C=O) groups is 1. The molecule has 1 unspecified atom stereocenters. The zero-order valence-corrected chi connectivity index (χ0v) is 16.5. The van der Waals surface area contributed by atoms with E-state index in [1.165, 1.54) is 31.2 Å². The van der Waals surface area contributed by atoms with E-state index in [-0.39, 0.29) is 11.7 Å². The molecule has 1 aliphatic carbocycles. The molecule has 1 amide bonds. The number of hydrogen-bond acceptors (Lipinski definition) is 4. The second kappa shape index (κ2) is 7.50. The van der Waals surface area contributed by atoms with Crippen LogP contribution in [0.1, 0.15) is 54.1 Å². The number of likely N-dealkylation sites (tertiary alicyclic amines) is 1. The van der Waals surface area contributed by atoms with Crippen molar-refractivity contribution in [1.82, 2.24) is 19.4 Å². The highest BCUT2D eigenvalue weighted by Crippen LogP contribution is 2.31. The highest BCUT2D eigenvalue weighted by molar-refractivity contribution is 5.96. The normalized spacial score (nSPS) is 20.0. The number of rotatable bonds is 4. The molecule has 6 nitrogen and oxygen atoms in total. The second-order valence-electron chi connectivity index (χ2n) is 8.43. The number of fused-ring (bicyclic) bond motifs is 1. The average molecular weight is 390 g/mol. The Bertz CT molecular complexity index is 1020. The number of nitrogens with zero attached hydrogens (tertiary/aromatic N) is 4. The van der Waals surface area contributed by atoms with Crippen molar-refractivity contribution < 1.29 is 9.90 Å². The average Bonchev–Trinajstić information content (AvgIpc) is 3.49. The van der Waals surface area contributed by atoms with E-state index in [0.717, 1.165) is 37.1 Å². The molecule has 0 spiro atoms. The summed E-state index contributed by atoms with van der Waals surface area (Å²) < 4.78 is 2.18. The molecule has 0 bridgehead atoms. The van der Waals surface area contributed by atoms with Crippen molar-refractivity contribution in [3.05, 3.63) is 54.0 Å². The number of hydrogen-bond donors (Lipinski definition) is 1. The van der Waals surface area contributed by atoms with Gasteiger partial charge >= 0.3 is 0 Å². The van der Waals surface area contributed by atoms with Gasteiger partial charge in [-0.1, -0.05) is 25.0 Å². The summed E-state index contributed by atoms with van der Waals surface area (Å²) in [5.41, 5.74) is 3.52. The first-order valence-corrected chi connectivity index (χ1v) is 10.6. The highest BCUT2D eigenvalue weighted by atomic mass is 16.3. The monoisotopic (exact) mass is 390 g/mol. The molecule has 1 saturated heterocycles. The number of imidazole rings is 1. The van der Waals surface area contributed by atoms with Gasteiger partial charge < -0.3 is 14.6 Å². The molecular weight excluding hydrogens is 364 g/mol. The summed E-state index contributed by atoms with van der Waals surface area (Å²) in [5, 5.41) is 9.43. The summed E-state index contributed by atoms with van der Waals surface area (Å²) >= 11 is 0. The Morgan fingerprint density at radius 3 is 2.69 bits per heavy atom. The number of benzene rings is 1. The molecule has 1 N–H and O–H groups in total. The van der Waals surface area contributed by atoms with E-state index >= 15 is 0 Å². The Morgan fingerprint density at radius 1 is 1.10 bits per heavy atom. The molecule has 3 heterocycles. The Morgan fingerprint density at radius 2 is 1.90 bits per heavy atom. The van der Waals surface area contributed by atoms with Crippen LogP contribution >= 0.6 is 0 Å². The predicted octanol–water partition coefficient (Wildman–Crippen LogP) is 3.96. The molecule has 3 aromatic rings. The predicted molar refractivity (Wildman–Crippen MR) is 111 cm³/mol. The Kier molecular flexibility index (Phi) is 4.70. The maximum absolute atomic E-state index is 13.0. The maximum Gasteiger partial charge on any atom is 0.255 e. The summed E-state index contributed by atoms with van der Waals surface area (Å²) in [5.74, 6) is 0.778. The summed E-state index contributed by atoms with van der Waals surface area (Å²) in [7, 11) is 0. The van der Waals surface area contributed by atoms with Gasteiger partial charge in [0.05, 0.1) is 11.9 Å². The quantitative estimate of drug-likeness (QED) is 0.732. The van der Waals surface area contributed by atoms with Crippen LogP contribution in [0.4, 0.5) is 0 Å². The van der Waals surface area contributed by atoms with Crippen molar-refractivity contribution in [3.8, 4) is 5.75 Å². The van der Waals surface area contributed by atoms with Crippen LogP contribution in [0, 0.1) is 5.92 Å². The third kappa shape index (κ3) is 3.59. The van der Waals surface area contributed by atoms with Crippen LogP contribution in [-0.2, 0) is 6.42 Å². The molecular formula is C23H26N4O2. The Balaban J connectivity index is 1.28. The van der Waals surface area contributed by atoms with Crippen LogP contribution in [0.2, 0.25) is 0 Å². The first-order valence-electron chi connectivity index (χ1n) is 10.6. The molecule has 29 heavy (non-hydrogen) atoms. The third-order valence-corrected chi connectivity index (χ3v) is 6.41. The molecule has 5 rings (SSSR count). The standard InChI is InChI=1S/C23H26N4O2/c28-20-7-5-16(6-8-20)11-17-9-10-26(14-17)23(29)18-12-21-22(24-13-18)27(15-25-21)19-3-1-2-4-19/h5-8,12-13,15,17,19,28H,1-4,9-11,14H2. The van der Waals surface area contributed by atoms with Gasteiger partial charge in [-0.3, -0.25) is 4.79 Å². The lowest BCUT2D eigenvalue weighted by Gasteiger charge is -2.17. The molecule has 1 saturated carbocycles. The molecule has 1 aromatic carbocycles. The summed E-state index contributed by atoms with van der Waals surface area (Å²) in [4.78, 5) is 24.1. The number of aromatic hydroxyl groups is 1. The van der Waals surface area contributed by atoms with Gasteiger partial charge in [-0.2, -0.15) is 0 Å². The molecule has 2 aliphatic rings. The fraction of sp³-hybridized carbons (Fsp3) is 0.435. The van der Waals surface area contributed by atoms with Crippen molar-refractivity contribution in [2.24, 2.45) is 5.92 Å². The van der Waals surface area contributed by atoms with Crippen molar-refractivity contribution >= 4 is 17.1 Å². The van der Waals surface area contributed by atoms with Gasteiger partial charge in [0.15, 0.2) is 5.65 Å². The van der Waals surface area contributed by atoms with Gasteiger partial charge in [0, 0.05) is 25.3 Å². The number of pyridine rings is 1. The van der Waals surface area contributed by atoms with Crippen LogP contribution in [0.3, 0.4) is 0 Å². The van der Waals surface area contributed by atoms with E-state index in [9.17, 15) is 9.90 Å². The first-order chi connectivity index (χ1) is 14.2. The van der Waals surface area contributed by atoms with Gasteiger partial charge in [-0.25, -0.2) is 9.97 Å². The summed E-state index contributed by atoms with van der Waals surface area (Å²) in [6.45, 7) is 1.53. The van der Waals surface area contributed by atoms with Gasteiger partial charge in [0.1, 0.15) is 11.3 Å². The third-order valence-electron chi connectivity index (χ3n) is 6.41. The van der Waals surface area contributed by atoms with Gasteiger partial charge in [0.2, 0.25) is 0 Å². The minimum absolute atomic E-state index is 0.0445. The van der Waals surface area contributed by atoms with Crippen molar-refractivity contribution in [1.29, 1.82) is 0 Å².